The van der Waals surface area contributed by atoms with E-state index in [0.29, 0.717) is 19.5 Å². The molecule has 5 heteroatoms. The number of rotatable bonds is 1. The maximum absolute atomic E-state index is 12.5. The van der Waals surface area contributed by atoms with Crippen LogP contribution in [-0.2, 0) is 4.79 Å². The van der Waals surface area contributed by atoms with Gasteiger partial charge in [0, 0.05) is 51.3 Å². The SMILES string of the molecule is Cc1ccccc1N1C[C@]2(CCN(C(=O)N(C)C)C2)CC1=O. The summed E-state index contributed by atoms with van der Waals surface area (Å²) < 4.78 is 0. The third-order valence-corrected chi connectivity index (χ3v) is 4.82. The Morgan fingerprint density at radius 1 is 1.23 bits per heavy atom. The van der Waals surface area contributed by atoms with E-state index >= 15 is 0 Å². The Morgan fingerprint density at radius 2 is 1.95 bits per heavy atom. The van der Waals surface area contributed by atoms with Gasteiger partial charge < -0.3 is 14.7 Å². The van der Waals surface area contributed by atoms with Crippen LogP contribution in [0.3, 0.4) is 0 Å². The fourth-order valence-electron chi connectivity index (χ4n) is 3.64. The summed E-state index contributed by atoms with van der Waals surface area (Å²) >= 11 is 0. The summed E-state index contributed by atoms with van der Waals surface area (Å²) in [4.78, 5) is 30.0. The van der Waals surface area contributed by atoms with Gasteiger partial charge in [-0.1, -0.05) is 18.2 Å². The van der Waals surface area contributed by atoms with E-state index in [0.717, 1.165) is 24.2 Å². The third-order valence-electron chi connectivity index (χ3n) is 4.82. The molecule has 2 aliphatic heterocycles. The fourth-order valence-corrected chi connectivity index (χ4v) is 3.64. The smallest absolute Gasteiger partial charge is 0.319 e. The van der Waals surface area contributed by atoms with Crippen molar-refractivity contribution in [3.8, 4) is 0 Å². The van der Waals surface area contributed by atoms with E-state index in [1.807, 2.05) is 41.0 Å². The summed E-state index contributed by atoms with van der Waals surface area (Å²) in [6.45, 7) is 4.17. The Balaban J connectivity index is 1.78. The Morgan fingerprint density at radius 3 is 2.64 bits per heavy atom. The lowest BCUT2D eigenvalue weighted by Gasteiger charge is -2.26. The molecule has 0 aromatic heterocycles. The molecule has 0 unspecified atom stereocenters. The van der Waals surface area contributed by atoms with E-state index in [9.17, 15) is 9.59 Å². The van der Waals surface area contributed by atoms with Crippen LogP contribution in [0.1, 0.15) is 18.4 Å². The van der Waals surface area contributed by atoms with Gasteiger partial charge in [-0.2, -0.15) is 0 Å². The Bertz CT molecular complexity index is 614. The quantitative estimate of drug-likeness (QED) is 0.797. The molecule has 2 fully saturated rings. The number of benzene rings is 1. The van der Waals surface area contributed by atoms with E-state index < -0.39 is 0 Å². The summed E-state index contributed by atoms with van der Waals surface area (Å²) in [5, 5.41) is 0. The topological polar surface area (TPSA) is 43.9 Å². The van der Waals surface area contributed by atoms with E-state index in [1.165, 1.54) is 0 Å². The zero-order valence-electron chi connectivity index (χ0n) is 13.5. The number of carbonyl (C=O) groups is 2. The number of hydrogen-bond acceptors (Lipinski definition) is 2. The lowest BCUT2D eigenvalue weighted by molar-refractivity contribution is -0.117. The van der Waals surface area contributed by atoms with Gasteiger partial charge in [0.05, 0.1) is 0 Å². The molecule has 5 nitrogen and oxygen atoms in total. The zero-order chi connectivity index (χ0) is 15.9. The van der Waals surface area contributed by atoms with Crippen molar-refractivity contribution < 1.29 is 9.59 Å². The Hall–Kier alpha value is -2.04. The molecule has 0 bridgehead atoms. The minimum Gasteiger partial charge on any atom is -0.331 e. The number of nitrogens with zero attached hydrogens (tertiary/aromatic N) is 3. The van der Waals surface area contributed by atoms with Gasteiger partial charge in [-0.15, -0.1) is 0 Å². The van der Waals surface area contributed by atoms with Gasteiger partial charge in [0.15, 0.2) is 0 Å². The van der Waals surface area contributed by atoms with E-state index in [-0.39, 0.29) is 17.4 Å². The van der Waals surface area contributed by atoms with Crippen LogP contribution in [0.15, 0.2) is 24.3 Å². The van der Waals surface area contributed by atoms with Crippen LogP contribution in [0.4, 0.5) is 10.5 Å². The summed E-state index contributed by atoms with van der Waals surface area (Å²) in [5.74, 6) is 0.174. The molecule has 1 aromatic rings. The van der Waals surface area contributed by atoms with Crippen molar-refractivity contribution in [1.29, 1.82) is 0 Å². The molecule has 2 heterocycles. The van der Waals surface area contributed by atoms with E-state index in [2.05, 4.69) is 0 Å². The maximum atomic E-state index is 12.5. The molecule has 0 aliphatic carbocycles. The highest BCUT2D eigenvalue weighted by Crippen LogP contribution is 2.42. The fraction of sp³-hybridized carbons (Fsp3) is 0.529. The lowest BCUT2D eigenvalue weighted by atomic mass is 9.86. The average molecular weight is 301 g/mol. The van der Waals surface area contributed by atoms with Gasteiger partial charge in [-0.05, 0) is 25.0 Å². The van der Waals surface area contributed by atoms with Crippen LogP contribution < -0.4 is 4.90 Å². The molecule has 2 aliphatic rings. The highest BCUT2D eigenvalue weighted by Gasteiger charge is 2.49. The first kappa shape index (κ1) is 14.9. The normalized spacial score (nSPS) is 24.4. The molecule has 1 aromatic carbocycles. The van der Waals surface area contributed by atoms with Gasteiger partial charge in [0.1, 0.15) is 0 Å². The van der Waals surface area contributed by atoms with Crippen molar-refractivity contribution >= 4 is 17.6 Å². The van der Waals surface area contributed by atoms with Crippen molar-refractivity contribution in [2.45, 2.75) is 19.8 Å². The Labute approximate surface area is 131 Å². The second-order valence-corrected chi connectivity index (χ2v) is 6.79. The number of carbonyl (C=O) groups excluding carboxylic acids is 2. The monoisotopic (exact) mass is 301 g/mol. The largest absolute Gasteiger partial charge is 0.331 e. The molecule has 2 saturated heterocycles. The highest BCUT2D eigenvalue weighted by molar-refractivity contribution is 5.97. The Kier molecular flexibility index (Phi) is 3.59. The van der Waals surface area contributed by atoms with Gasteiger partial charge in [0.2, 0.25) is 5.91 Å². The molecule has 3 rings (SSSR count). The van der Waals surface area contributed by atoms with Crippen molar-refractivity contribution in [3.05, 3.63) is 29.8 Å². The van der Waals surface area contributed by atoms with Crippen LogP contribution >= 0.6 is 0 Å². The molecule has 0 radical (unpaired) electrons. The maximum Gasteiger partial charge on any atom is 0.319 e. The van der Waals surface area contributed by atoms with Gasteiger partial charge in [-0.3, -0.25) is 4.79 Å². The molecule has 1 atom stereocenters. The summed E-state index contributed by atoms with van der Waals surface area (Å²) in [5.41, 5.74) is 2.04. The van der Waals surface area contributed by atoms with Crippen LogP contribution in [0, 0.1) is 12.3 Å². The van der Waals surface area contributed by atoms with E-state index in [4.69, 9.17) is 0 Å². The van der Waals surface area contributed by atoms with Crippen molar-refractivity contribution in [2.75, 3.05) is 38.6 Å². The van der Waals surface area contributed by atoms with Crippen molar-refractivity contribution in [1.82, 2.24) is 9.80 Å². The molecule has 1 spiro atoms. The number of anilines is 1. The van der Waals surface area contributed by atoms with Crippen LogP contribution in [-0.4, -0.2) is 55.5 Å². The second-order valence-electron chi connectivity index (χ2n) is 6.79. The predicted octanol–water partition coefficient (Wildman–Crippen LogP) is 2.11. The molecular weight excluding hydrogens is 278 g/mol. The predicted molar refractivity (Wildman–Crippen MR) is 85.9 cm³/mol. The number of likely N-dealkylation sites (tertiary alicyclic amines) is 1. The van der Waals surface area contributed by atoms with Crippen molar-refractivity contribution in [2.24, 2.45) is 5.41 Å². The van der Waals surface area contributed by atoms with Crippen molar-refractivity contribution in [3.63, 3.8) is 0 Å². The second kappa shape index (κ2) is 5.30. The first-order valence-electron chi connectivity index (χ1n) is 7.74. The minimum absolute atomic E-state index is 0.0404. The summed E-state index contributed by atoms with van der Waals surface area (Å²) in [6, 6.07) is 8.03. The third kappa shape index (κ3) is 2.45. The summed E-state index contributed by atoms with van der Waals surface area (Å²) in [6.07, 6.45) is 1.44. The summed E-state index contributed by atoms with van der Waals surface area (Å²) in [7, 11) is 3.54. The van der Waals surface area contributed by atoms with Gasteiger partial charge >= 0.3 is 6.03 Å². The number of amides is 3. The van der Waals surface area contributed by atoms with Gasteiger partial charge in [0.25, 0.3) is 0 Å². The molecule has 118 valence electrons. The van der Waals surface area contributed by atoms with Crippen LogP contribution in [0.25, 0.3) is 0 Å². The van der Waals surface area contributed by atoms with Crippen LogP contribution in [0.2, 0.25) is 0 Å². The molecular formula is C17H23N3O2. The molecule has 0 saturated carbocycles. The number of urea groups is 1. The lowest BCUT2D eigenvalue weighted by Crippen LogP contribution is -2.39. The average Bonchev–Trinajstić information content (AvgIpc) is 3.02. The van der Waals surface area contributed by atoms with E-state index in [1.54, 1.807) is 19.0 Å². The first-order valence-corrected chi connectivity index (χ1v) is 7.74. The van der Waals surface area contributed by atoms with Gasteiger partial charge in [-0.25, -0.2) is 4.79 Å². The standard InChI is InChI=1S/C17H23N3O2/c1-13-6-4-5-7-14(13)20-12-17(10-15(20)21)8-9-19(11-17)16(22)18(2)3/h4-7H,8-12H2,1-3H3/t17-/m1/s1. The zero-order valence-corrected chi connectivity index (χ0v) is 13.5. The molecule has 22 heavy (non-hydrogen) atoms. The number of hydrogen-bond donors (Lipinski definition) is 0. The first-order chi connectivity index (χ1) is 10.4. The molecule has 3 amide bonds. The number of aryl methyl sites for hydroxylation is 1. The molecule has 0 N–H and O–H groups in total. The highest BCUT2D eigenvalue weighted by atomic mass is 16.2. The minimum atomic E-state index is -0.0783. The van der Waals surface area contributed by atoms with Crippen LogP contribution in [0.5, 0.6) is 0 Å². The number of para-hydroxylation sites is 1.